The second-order valence-electron chi connectivity index (χ2n) is 12.4. The summed E-state index contributed by atoms with van der Waals surface area (Å²) in [4.78, 5) is 8.26. The molecular formula is C42H40N2O3. The van der Waals surface area contributed by atoms with Gasteiger partial charge in [0.1, 0.15) is 0 Å². The number of benzene rings is 4. The van der Waals surface area contributed by atoms with Gasteiger partial charge in [-0.05, 0) is 106 Å². The number of nitrogens with zero attached hydrogens (tertiary/aromatic N) is 2. The lowest BCUT2D eigenvalue weighted by Gasteiger charge is -2.32. The summed E-state index contributed by atoms with van der Waals surface area (Å²) in [7, 11) is 0. The predicted octanol–water partition coefficient (Wildman–Crippen LogP) is 7.12. The van der Waals surface area contributed by atoms with Gasteiger partial charge in [-0.3, -0.25) is 9.97 Å². The van der Waals surface area contributed by atoms with Crippen LogP contribution in [0.5, 0.6) is 0 Å². The van der Waals surface area contributed by atoms with Gasteiger partial charge < -0.3 is 15.7 Å². The fourth-order valence-electron chi connectivity index (χ4n) is 8.01. The molecule has 47 heavy (non-hydrogen) atoms. The van der Waals surface area contributed by atoms with E-state index in [-0.39, 0.29) is 29.5 Å². The zero-order valence-corrected chi connectivity index (χ0v) is 26.4. The van der Waals surface area contributed by atoms with Gasteiger partial charge in [0.15, 0.2) is 0 Å². The number of hydrogen-bond donors (Lipinski definition) is 2. The zero-order valence-electron chi connectivity index (χ0n) is 26.4. The van der Waals surface area contributed by atoms with E-state index in [1.54, 1.807) is 0 Å². The van der Waals surface area contributed by atoms with Gasteiger partial charge in [0.05, 0.1) is 0 Å². The van der Waals surface area contributed by atoms with E-state index in [9.17, 15) is 10.2 Å². The van der Waals surface area contributed by atoms with Crippen LogP contribution in [-0.2, 0) is 23.7 Å². The Bertz CT molecular complexity index is 1710. The number of fused-ring (bicyclic) bond motifs is 6. The molecule has 5 heteroatoms. The van der Waals surface area contributed by atoms with Crippen molar-refractivity contribution in [3.8, 4) is 22.3 Å². The molecule has 2 aliphatic carbocycles. The molecule has 0 aliphatic heterocycles. The van der Waals surface area contributed by atoms with E-state index < -0.39 is 0 Å². The average Bonchev–Trinajstić information content (AvgIpc) is 3.54. The highest BCUT2D eigenvalue weighted by Crippen LogP contribution is 2.53. The van der Waals surface area contributed by atoms with E-state index in [2.05, 4.69) is 131 Å². The van der Waals surface area contributed by atoms with Crippen LogP contribution >= 0.6 is 0 Å². The van der Waals surface area contributed by atoms with Crippen LogP contribution in [0.2, 0.25) is 0 Å². The first-order valence-corrected chi connectivity index (χ1v) is 16.1. The molecule has 0 atom stereocenters. The van der Waals surface area contributed by atoms with Crippen molar-refractivity contribution >= 4 is 0 Å². The van der Waals surface area contributed by atoms with E-state index in [0.717, 1.165) is 25.7 Å². The number of pyridine rings is 2. The highest BCUT2D eigenvalue weighted by atomic mass is 16.3. The SMILES string of the molecule is O.OCCC1(Cc2ccncc2)c2ccccc2-c2ccccc21.OCCC1(Cc2ccncc2)c2ccccc2-c2ccccc21. The van der Waals surface area contributed by atoms with Crippen LogP contribution < -0.4 is 0 Å². The van der Waals surface area contributed by atoms with Crippen LogP contribution in [0, 0.1) is 0 Å². The summed E-state index contributed by atoms with van der Waals surface area (Å²) in [6.07, 6.45) is 10.6. The highest BCUT2D eigenvalue weighted by molar-refractivity contribution is 5.82. The Morgan fingerprint density at radius 3 is 0.957 bits per heavy atom. The molecule has 4 N–H and O–H groups in total. The summed E-state index contributed by atoms with van der Waals surface area (Å²) in [5, 5.41) is 19.6. The number of rotatable bonds is 8. The second-order valence-corrected chi connectivity index (χ2v) is 12.4. The highest BCUT2D eigenvalue weighted by Gasteiger charge is 2.43. The van der Waals surface area contributed by atoms with Crippen molar-refractivity contribution in [1.82, 2.24) is 9.97 Å². The number of aromatic nitrogens is 2. The van der Waals surface area contributed by atoms with Crippen molar-refractivity contribution in [3.05, 3.63) is 179 Å². The Hall–Kier alpha value is -4.94. The Balaban J connectivity index is 0.000000161. The van der Waals surface area contributed by atoms with E-state index in [4.69, 9.17) is 0 Å². The van der Waals surface area contributed by atoms with Gasteiger partial charge in [-0.15, -0.1) is 0 Å². The standard InChI is InChI=1S/2C21H19NO.H2O/c2*23-14-11-21(15-16-9-12-22-13-10-16)19-7-3-1-5-17(19)18-6-2-4-8-20(18)21;/h2*1-10,12-13,23H,11,14-15H2;1H2. The zero-order chi connectivity index (χ0) is 31.4. The van der Waals surface area contributed by atoms with Crippen molar-refractivity contribution in [1.29, 1.82) is 0 Å². The summed E-state index contributed by atoms with van der Waals surface area (Å²) in [6.45, 7) is 0.349. The molecule has 0 bridgehead atoms. The molecule has 6 aromatic rings. The molecule has 2 aliphatic rings. The third kappa shape index (κ3) is 5.68. The fourth-order valence-corrected chi connectivity index (χ4v) is 8.01. The van der Waals surface area contributed by atoms with E-state index in [1.165, 1.54) is 55.6 Å². The monoisotopic (exact) mass is 620 g/mol. The van der Waals surface area contributed by atoms with Crippen molar-refractivity contribution in [3.63, 3.8) is 0 Å². The Kier molecular flexibility index (Phi) is 9.41. The van der Waals surface area contributed by atoms with E-state index in [0.29, 0.717) is 0 Å². The van der Waals surface area contributed by atoms with Crippen molar-refractivity contribution in [2.24, 2.45) is 0 Å². The molecule has 4 aromatic carbocycles. The summed E-state index contributed by atoms with van der Waals surface area (Å²) < 4.78 is 0. The van der Waals surface area contributed by atoms with Gasteiger partial charge in [-0.1, -0.05) is 97.1 Å². The minimum absolute atomic E-state index is 0. The third-order valence-corrected chi connectivity index (χ3v) is 9.94. The smallest absolute Gasteiger partial charge is 0.0442 e. The second kappa shape index (κ2) is 13.8. The van der Waals surface area contributed by atoms with Gasteiger partial charge in [-0.25, -0.2) is 0 Å². The van der Waals surface area contributed by atoms with Crippen LogP contribution in [0.3, 0.4) is 0 Å². The lowest BCUT2D eigenvalue weighted by molar-refractivity contribution is 0.253. The van der Waals surface area contributed by atoms with Gasteiger partial charge in [0.2, 0.25) is 0 Å². The number of hydrogen-bond acceptors (Lipinski definition) is 4. The maximum Gasteiger partial charge on any atom is 0.0442 e. The summed E-state index contributed by atoms with van der Waals surface area (Å²) >= 11 is 0. The third-order valence-electron chi connectivity index (χ3n) is 9.94. The van der Waals surface area contributed by atoms with Crippen LogP contribution in [0.15, 0.2) is 146 Å². The van der Waals surface area contributed by atoms with Crippen molar-refractivity contribution in [2.75, 3.05) is 13.2 Å². The lowest BCUT2D eigenvalue weighted by atomic mass is 9.71. The average molecular weight is 621 g/mol. The molecule has 0 amide bonds. The van der Waals surface area contributed by atoms with Gasteiger partial charge in [0.25, 0.3) is 0 Å². The maximum absolute atomic E-state index is 9.81. The minimum atomic E-state index is -0.163. The van der Waals surface area contributed by atoms with Gasteiger partial charge in [-0.2, -0.15) is 0 Å². The lowest BCUT2D eigenvalue weighted by Crippen LogP contribution is -2.29. The molecular weight excluding hydrogens is 580 g/mol. The quantitative estimate of drug-likeness (QED) is 0.189. The van der Waals surface area contributed by atoms with Crippen molar-refractivity contribution in [2.45, 2.75) is 36.5 Å². The Morgan fingerprint density at radius 1 is 0.404 bits per heavy atom. The van der Waals surface area contributed by atoms with E-state index in [1.807, 2.05) is 24.8 Å². The van der Waals surface area contributed by atoms with Crippen LogP contribution in [0.25, 0.3) is 22.3 Å². The van der Waals surface area contributed by atoms with E-state index >= 15 is 0 Å². The normalized spacial score (nSPS) is 14.0. The first-order chi connectivity index (χ1) is 22.7. The molecule has 5 nitrogen and oxygen atoms in total. The van der Waals surface area contributed by atoms with Crippen LogP contribution in [-0.4, -0.2) is 38.9 Å². The molecule has 0 fully saturated rings. The minimum Gasteiger partial charge on any atom is -0.412 e. The predicted molar refractivity (Wildman–Crippen MR) is 188 cm³/mol. The molecule has 0 unspecified atom stereocenters. The first-order valence-electron chi connectivity index (χ1n) is 16.1. The molecule has 0 saturated heterocycles. The van der Waals surface area contributed by atoms with Crippen LogP contribution in [0.4, 0.5) is 0 Å². The van der Waals surface area contributed by atoms with Crippen molar-refractivity contribution < 1.29 is 15.7 Å². The molecule has 2 heterocycles. The number of aliphatic hydroxyl groups is 2. The van der Waals surface area contributed by atoms with Crippen LogP contribution in [0.1, 0.15) is 46.2 Å². The molecule has 2 aromatic heterocycles. The first kappa shape index (κ1) is 32.0. The fraction of sp³-hybridized carbons (Fsp3) is 0.190. The Labute approximate surface area is 276 Å². The molecule has 0 radical (unpaired) electrons. The summed E-state index contributed by atoms with van der Waals surface area (Å²) in [6, 6.07) is 42.7. The van der Waals surface area contributed by atoms with Gasteiger partial charge in [0, 0.05) is 48.8 Å². The molecule has 236 valence electrons. The largest absolute Gasteiger partial charge is 0.412 e. The molecule has 0 spiro atoms. The van der Waals surface area contributed by atoms with Gasteiger partial charge >= 0.3 is 0 Å². The molecule has 0 saturated carbocycles. The topological polar surface area (TPSA) is 97.7 Å². The maximum atomic E-state index is 9.81. The Morgan fingerprint density at radius 2 is 0.681 bits per heavy atom. The number of aliphatic hydroxyl groups excluding tert-OH is 2. The molecule has 8 rings (SSSR count). The summed E-state index contributed by atoms with van der Waals surface area (Å²) in [5.41, 5.74) is 12.7. The summed E-state index contributed by atoms with van der Waals surface area (Å²) in [5.74, 6) is 0.